The SMILES string of the molecule is CNC(C)CCCn1cnccc1=O. The van der Waals surface area contributed by atoms with Gasteiger partial charge in [0.2, 0.25) is 0 Å². The molecule has 1 unspecified atom stereocenters. The minimum atomic E-state index is 0.0251. The highest BCUT2D eigenvalue weighted by atomic mass is 16.1. The molecule has 0 radical (unpaired) electrons. The van der Waals surface area contributed by atoms with Crippen molar-refractivity contribution in [2.75, 3.05) is 7.05 Å². The normalized spacial score (nSPS) is 12.7. The molecule has 4 nitrogen and oxygen atoms in total. The average Bonchev–Trinajstić information content (AvgIpc) is 2.20. The number of nitrogens with zero attached hydrogens (tertiary/aromatic N) is 2. The molecule has 1 N–H and O–H groups in total. The van der Waals surface area contributed by atoms with E-state index in [1.54, 1.807) is 10.9 Å². The third kappa shape index (κ3) is 3.30. The third-order valence-electron chi connectivity index (χ3n) is 2.32. The number of hydrogen-bond donors (Lipinski definition) is 1. The summed E-state index contributed by atoms with van der Waals surface area (Å²) in [5.74, 6) is 0. The van der Waals surface area contributed by atoms with E-state index in [4.69, 9.17) is 0 Å². The summed E-state index contributed by atoms with van der Waals surface area (Å²) < 4.78 is 1.64. The number of rotatable bonds is 5. The first kappa shape index (κ1) is 10.9. The van der Waals surface area contributed by atoms with Gasteiger partial charge in [0.1, 0.15) is 0 Å². The van der Waals surface area contributed by atoms with Crippen LogP contribution in [-0.2, 0) is 6.54 Å². The van der Waals surface area contributed by atoms with Gasteiger partial charge in [0.15, 0.2) is 0 Å². The molecule has 0 aliphatic carbocycles. The fourth-order valence-corrected chi connectivity index (χ4v) is 1.26. The van der Waals surface area contributed by atoms with E-state index in [9.17, 15) is 4.79 Å². The van der Waals surface area contributed by atoms with Crippen LogP contribution in [0.15, 0.2) is 23.4 Å². The minimum absolute atomic E-state index is 0.0251. The van der Waals surface area contributed by atoms with E-state index < -0.39 is 0 Å². The van der Waals surface area contributed by atoms with Crippen molar-refractivity contribution in [3.63, 3.8) is 0 Å². The van der Waals surface area contributed by atoms with Crippen LogP contribution in [0.2, 0.25) is 0 Å². The predicted molar refractivity (Wildman–Crippen MR) is 56.3 cm³/mol. The Bertz CT molecular complexity index is 321. The number of aromatic nitrogens is 2. The van der Waals surface area contributed by atoms with Gasteiger partial charge in [0.05, 0.1) is 6.33 Å². The smallest absolute Gasteiger partial charge is 0.253 e. The van der Waals surface area contributed by atoms with Gasteiger partial charge in [-0.1, -0.05) is 0 Å². The van der Waals surface area contributed by atoms with Gasteiger partial charge in [0.25, 0.3) is 5.56 Å². The molecule has 4 heteroatoms. The first-order valence-corrected chi connectivity index (χ1v) is 4.91. The second kappa shape index (κ2) is 5.54. The lowest BCUT2D eigenvalue weighted by atomic mass is 10.2. The average molecular weight is 195 g/mol. The highest BCUT2D eigenvalue weighted by molar-refractivity contribution is 4.81. The van der Waals surface area contributed by atoms with E-state index in [2.05, 4.69) is 17.2 Å². The van der Waals surface area contributed by atoms with Gasteiger partial charge in [-0.25, -0.2) is 4.98 Å². The topological polar surface area (TPSA) is 46.9 Å². The Kier molecular flexibility index (Phi) is 4.32. The number of nitrogens with one attached hydrogen (secondary N) is 1. The first-order chi connectivity index (χ1) is 6.74. The van der Waals surface area contributed by atoms with Crippen molar-refractivity contribution in [2.45, 2.75) is 32.4 Å². The fourth-order valence-electron chi connectivity index (χ4n) is 1.26. The van der Waals surface area contributed by atoms with Crippen molar-refractivity contribution in [3.8, 4) is 0 Å². The zero-order valence-electron chi connectivity index (χ0n) is 8.73. The lowest BCUT2D eigenvalue weighted by molar-refractivity contribution is 0.499. The van der Waals surface area contributed by atoms with Crippen molar-refractivity contribution in [1.29, 1.82) is 0 Å². The van der Waals surface area contributed by atoms with Crippen LogP contribution in [0.25, 0.3) is 0 Å². The summed E-state index contributed by atoms with van der Waals surface area (Å²) in [5, 5.41) is 3.16. The van der Waals surface area contributed by atoms with Crippen LogP contribution >= 0.6 is 0 Å². The molecule has 0 aliphatic heterocycles. The number of aryl methyl sites for hydroxylation is 1. The molecule has 1 aromatic rings. The van der Waals surface area contributed by atoms with Crippen molar-refractivity contribution in [2.24, 2.45) is 0 Å². The van der Waals surface area contributed by atoms with Crippen LogP contribution in [0.5, 0.6) is 0 Å². The molecule has 0 bridgehead atoms. The van der Waals surface area contributed by atoms with Gasteiger partial charge in [-0.05, 0) is 26.8 Å². The zero-order valence-corrected chi connectivity index (χ0v) is 8.73. The van der Waals surface area contributed by atoms with Gasteiger partial charge in [-0.2, -0.15) is 0 Å². The Morgan fingerprint density at radius 2 is 2.43 bits per heavy atom. The summed E-state index contributed by atoms with van der Waals surface area (Å²) >= 11 is 0. The molecular weight excluding hydrogens is 178 g/mol. The maximum Gasteiger partial charge on any atom is 0.253 e. The highest BCUT2D eigenvalue weighted by Gasteiger charge is 1.98. The lowest BCUT2D eigenvalue weighted by Gasteiger charge is -2.09. The zero-order chi connectivity index (χ0) is 10.4. The molecule has 0 fully saturated rings. The summed E-state index contributed by atoms with van der Waals surface area (Å²) in [6, 6.07) is 1.99. The van der Waals surface area contributed by atoms with E-state index in [1.165, 1.54) is 12.3 Å². The summed E-state index contributed by atoms with van der Waals surface area (Å²) in [7, 11) is 1.95. The Labute approximate surface area is 84.0 Å². The van der Waals surface area contributed by atoms with E-state index in [0.717, 1.165) is 19.4 Å². The fraction of sp³-hybridized carbons (Fsp3) is 0.600. The predicted octanol–water partition coefficient (Wildman–Crippen LogP) is 0.631. The van der Waals surface area contributed by atoms with E-state index in [0.29, 0.717) is 6.04 Å². The quantitative estimate of drug-likeness (QED) is 0.749. The summed E-state index contributed by atoms with van der Waals surface area (Å²) in [4.78, 5) is 15.2. The van der Waals surface area contributed by atoms with Gasteiger partial charge < -0.3 is 5.32 Å². The van der Waals surface area contributed by atoms with Crippen LogP contribution in [0.4, 0.5) is 0 Å². The molecule has 0 saturated heterocycles. The van der Waals surface area contributed by atoms with Crippen LogP contribution in [0, 0.1) is 0 Å². The summed E-state index contributed by atoms with van der Waals surface area (Å²) in [5.41, 5.74) is 0.0251. The monoisotopic (exact) mass is 195 g/mol. The molecule has 1 heterocycles. The molecule has 0 amide bonds. The Morgan fingerprint density at radius 3 is 3.07 bits per heavy atom. The maximum absolute atomic E-state index is 11.3. The van der Waals surface area contributed by atoms with Gasteiger partial charge >= 0.3 is 0 Å². The second-order valence-corrected chi connectivity index (χ2v) is 3.44. The lowest BCUT2D eigenvalue weighted by Crippen LogP contribution is -2.23. The molecule has 0 aliphatic rings. The van der Waals surface area contributed by atoms with Crippen molar-refractivity contribution < 1.29 is 0 Å². The molecule has 78 valence electrons. The first-order valence-electron chi connectivity index (χ1n) is 4.91. The molecule has 1 atom stereocenters. The van der Waals surface area contributed by atoms with Gasteiger partial charge in [0, 0.05) is 24.8 Å². The highest BCUT2D eigenvalue weighted by Crippen LogP contribution is 1.96. The molecule has 0 aromatic carbocycles. The summed E-state index contributed by atoms with van der Waals surface area (Å²) in [6.07, 6.45) is 5.17. The second-order valence-electron chi connectivity index (χ2n) is 3.44. The van der Waals surface area contributed by atoms with E-state index in [1.807, 2.05) is 7.05 Å². The van der Waals surface area contributed by atoms with Crippen LogP contribution in [0.1, 0.15) is 19.8 Å². The molecule has 14 heavy (non-hydrogen) atoms. The molecule has 1 aromatic heterocycles. The third-order valence-corrected chi connectivity index (χ3v) is 2.32. The number of hydrogen-bond acceptors (Lipinski definition) is 3. The van der Waals surface area contributed by atoms with Gasteiger partial charge in [-0.15, -0.1) is 0 Å². The largest absolute Gasteiger partial charge is 0.317 e. The summed E-state index contributed by atoms with van der Waals surface area (Å²) in [6.45, 7) is 2.88. The Balaban J connectivity index is 2.39. The molecule has 0 saturated carbocycles. The van der Waals surface area contributed by atoms with E-state index >= 15 is 0 Å². The van der Waals surface area contributed by atoms with Crippen LogP contribution in [-0.4, -0.2) is 22.6 Å². The minimum Gasteiger partial charge on any atom is -0.317 e. The van der Waals surface area contributed by atoms with Crippen molar-refractivity contribution in [1.82, 2.24) is 14.9 Å². The molecular formula is C10H17N3O. The Hall–Kier alpha value is -1.16. The van der Waals surface area contributed by atoms with Crippen LogP contribution in [0.3, 0.4) is 0 Å². The van der Waals surface area contributed by atoms with Crippen molar-refractivity contribution in [3.05, 3.63) is 28.9 Å². The molecule has 0 spiro atoms. The van der Waals surface area contributed by atoms with E-state index in [-0.39, 0.29) is 5.56 Å². The Morgan fingerprint density at radius 1 is 1.64 bits per heavy atom. The van der Waals surface area contributed by atoms with Crippen molar-refractivity contribution >= 4 is 0 Å². The standard InChI is InChI=1S/C10H17N3O/c1-9(11-2)4-3-7-13-8-12-6-5-10(13)14/h5-6,8-9,11H,3-4,7H2,1-2H3. The van der Waals surface area contributed by atoms with Crippen LogP contribution < -0.4 is 10.9 Å². The maximum atomic E-state index is 11.3. The van der Waals surface area contributed by atoms with Gasteiger partial charge in [-0.3, -0.25) is 9.36 Å². The molecule has 1 rings (SSSR count).